The number of nitrogens with zero attached hydrogens (tertiary/aromatic N) is 1. The fourth-order valence-electron chi connectivity index (χ4n) is 2.36. The summed E-state index contributed by atoms with van der Waals surface area (Å²) >= 11 is 5.54. The van der Waals surface area contributed by atoms with Crippen LogP contribution in [0.5, 0.6) is 0 Å². The predicted octanol–water partition coefficient (Wildman–Crippen LogP) is 2.61. The Kier molecular flexibility index (Phi) is 5.95. The van der Waals surface area contributed by atoms with E-state index in [0.29, 0.717) is 19.5 Å². The van der Waals surface area contributed by atoms with Gasteiger partial charge in [0.25, 0.3) is 0 Å². The molecule has 1 saturated carbocycles. The number of carbonyl (C=O) groups excluding carboxylic acids is 2. The largest absolute Gasteiger partial charge is 0.417 e. The highest BCUT2D eigenvalue weighted by Gasteiger charge is 2.48. The first-order valence-corrected chi connectivity index (χ1v) is 8.07. The topological polar surface area (TPSA) is 61.4 Å². The van der Waals surface area contributed by atoms with E-state index >= 15 is 0 Å². The van der Waals surface area contributed by atoms with Crippen LogP contribution in [0.15, 0.2) is 18.2 Å². The maximum atomic E-state index is 12.8. The van der Waals surface area contributed by atoms with E-state index in [1.807, 2.05) is 19.0 Å². The highest BCUT2D eigenvalue weighted by Crippen LogP contribution is 2.40. The number of likely N-dealkylation sites (N-methyl/N-ethyl adjacent to an activating group) is 1. The van der Waals surface area contributed by atoms with E-state index < -0.39 is 34.5 Å². The zero-order chi connectivity index (χ0) is 18.8. The molecule has 2 unspecified atom stereocenters. The van der Waals surface area contributed by atoms with Gasteiger partial charge in [-0.15, -0.1) is 0 Å². The van der Waals surface area contributed by atoms with Crippen LogP contribution >= 0.6 is 11.6 Å². The SMILES string of the molecule is CN(C)CCNC(=O)C1CC1C(=O)Nc1ccc(Cl)c(C(F)(F)F)c1. The Morgan fingerprint density at radius 2 is 1.88 bits per heavy atom. The lowest BCUT2D eigenvalue weighted by atomic mass is 10.2. The van der Waals surface area contributed by atoms with Gasteiger partial charge in [-0.05, 0) is 38.7 Å². The first kappa shape index (κ1) is 19.5. The molecular formula is C16H19ClF3N3O2. The Labute approximate surface area is 148 Å². The van der Waals surface area contributed by atoms with Crippen LogP contribution in [0.2, 0.25) is 5.02 Å². The molecule has 0 bridgehead atoms. The molecule has 1 fully saturated rings. The van der Waals surface area contributed by atoms with Crippen molar-refractivity contribution in [3.63, 3.8) is 0 Å². The van der Waals surface area contributed by atoms with Crippen LogP contribution in [0.1, 0.15) is 12.0 Å². The molecule has 1 aliphatic rings. The molecule has 25 heavy (non-hydrogen) atoms. The molecule has 5 nitrogen and oxygen atoms in total. The van der Waals surface area contributed by atoms with Crippen LogP contribution in [0.4, 0.5) is 18.9 Å². The molecule has 0 aromatic heterocycles. The average Bonchev–Trinajstić information content (AvgIpc) is 3.28. The van der Waals surface area contributed by atoms with E-state index in [9.17, 15) is 22.8 Å². The third kappa shape index (κ3) is 5.34. The lowest BCUT2D eigenvalue weighted by Crippen LogP contribution is -2.33. The molecule has 0 spiro atoms. The van der Waals surface area contributed by atoms with Crippen LogP contribution in [-0.4, -0.2) is 43.9 Å². The molecule has 0 aliphatic heterocycles. The van der Waals surface area contributed by atoms with Crippen LogP contribution < -0.4 is 10.6 Å². The second-order valence-corrected chi connectivity index (χ2v) is 6.63. The number of alkyl halides is 3. The van der Waals surface area contributed by atoms with Crippen molar-refractivity contribution in [1.82, 2.24) is 10.2 Å². The molecule has 1 aliphatic carbocycles. The number of benzene rings is 1. The van der Waals surface area contributed by atoms with E-state index in [-0.39, 0.29) is 11.6 Å². The van der Waals surface area contributed by atoms with Crippen molar-refractivity contribution in [2.45, 2.75) is 12.6 Å². The van der Waals surface area contributed by atoms with Gasteiger partial charge in [0, 0.05) is 18.8 Å². The van der Waals surface area contributed by atoms with Gasteiger partial charge in [0.05, 0.1) is 22.4 Å². The van der Waals surface area contributed by atoms with Crippen molar-refractivity contribution in [2.75, 3.05) is 32.5 Å². The van der Waals surface area contributed by atoms with Crippen molar-refractivity contribution in [2.24, 2.45) is 11.8 Å². The third-order valence-electron chi connectivity index (χ3n) is 3.86. The maximum Gasteiger partial charge on any atom is 0.417 e. The summed E-state index contributed by atoms with van der Waals surface area (Å²) in [5.74, 6) is -1.64. The Morgan fingerprint density at radius 1 is 1.24 bits per heavy atom. The summed E-state index contributed by atoms with van der Waals surface area (Å²) in [7, 11) is 3.75. The van der Waals surface area contributed by atoms with Crippen LogP contribution in [0.25, 0.3) is 0 Å². The Balaban J connectivity index is 1.90. The highest BCUT2D eigenvalue weighted by atomic mass is 35.5. The fourth-order valence-corrected chi connectivity index (χ4v) is 2.59. The van der Waals surface area contributed by atoms with Gasteiger partial charge in [0.15, 0.2) is 0 Å². The van der Waals surface area contributed by atoms with Gasteiger partial charge in [-0.1, -0.05) is 11.6 Å². The first-order valence-electron chi connectivity index (χ1n) is 7.69. The highest BCUT2D eigenvalue weighted by molar-refractivity contribution is 6.31. The van der Waals surface area contributed by atoms with E-state index in [2.05, 4.69) is 10.6 Å². The smallest absolute Gasteiger partial charge is 0.355 e. The van der Waals surface area contributed by atoms with Crippen molar-refractivity contribution >= 4 is 29.1 Å². The second kappa shape index (κ2) is 7.61. The molecule has 0 radical (unpaired) electrons. The normalized spacial score (nSPS) is 19.6. The third-order valence-corrected chi connectivity index (χ3v) is 4.19. The number of halogens is 4. The van der Waals surface area contributed by atoms with Crippen LogP contribution in [0.3, 0.4) is 0 Å². The molecule has 2 atom stereocenters. The van der Waals surface area contributed by atoms with Crippen molar-refractivity contribution in [3.8, 4) is 0 Å². The zero-order valence-electron chi connectivity index (χ0n) is 13.8. The minimum Gasteiger partial charge on any atom is -0.355 e. The summed E-state index contributed by atoms with van der Waals surface area (Å²) in [6, 6.07) is 3.16. The minimum absolute atomic E-state index is 0.000362. The van der Waals surface area contributed by atoms with Gasteiger partial charge >= 0.3 is 6.18 Å². The summed E-state index contributed by atoms with van der Waals surface area (Å²) in [5, 5.41) is 4.72. The number of nitrogens with one attached hydrogen (secondary N) is 2. The number of carbonyl (C=O) groups is 2. The van der Waals surface area contributed by atoms with E-state index in [4.69, 9.17) is 11.6 Å². The summed E-state index contributed by atoms with van der Waals surface area (Å²) in [4.78, 5) is 25.9. The van der Waals surface area contributed by atoms with Crippen LogP contribution in [0, 0.1) is 11.8 Å². The lowest BCUT2D eigenvalue weighted by Gasteiger charge is -2.12. The maximum absolute atomic E-state index is 12.8. The van der Waals surface area contributed by atoms with E-state index in [1.165, 1.54) is 6.07 Å². The fraction of sp³-hybridized carbons (Fsp3) is 0.500. The number of hydrogen-bond donors (Lipinski definition) is 2. The van der Waals surface area contributed by atoms with Crippen molar-refractivity contribution in [3.05, 3.63) is 28.8 Å². The summed E-state index contributed by atoms with van der Waals surface area (Å²) < 4.78 is 38.5. The number of rotatable bonds is 6. The monoisotopic (exact) mass is 377 g/mol. The first-order chi connectivity index (χ1) is 11.6. The standard InChI is InChI=1S/C16H19ClF3N3O2/c1-23(2)6-5-21-14(24)10-8-11(10)15(25)22-9-3-4-13(17)12(7-9)16(18,19)20/h3-4,7,10-11H,5-6,8H2,1-2H3,(H,21,24)(H,22,25). The van der Waals surface area contributed by atoms with Gasteiger partial charge in [0.2, 0.25) is 11.8 Å². The summed E-state index contributed by atoms with van der Waals surface area (Å²) in [6.07, 6.45) is -4.22. The van der Waals surface area contributed by atoms with Crippen molar-refractivity contribution < 1.29 is 22.8 Å². The molecule has 9 heteroatoms. The van der Waals surface area contributed by atoms with Gasteiger partial charge in [0.1, 0.15) is 0 Å². The Bertz CT molecular complexity index is 665. The predicted molar refractivity (Wildman–Crippen MR) is 88.2 cm³/mol. The quantitative estimate of drug-likeness (QED) is 0.801. The molecule has 2 rings (SSSR count). The van der Waals surface area contributed by atoms with Gasteiger partial charge in [-0.2, -0.15) is 13.2 Å². The average molecular weight is 378 g/mol. The van der Waals surface area contributed by atoms with Gasteiger partial charge < -0.3 is 15.5 Å². The number of anilines is 1. The summed E-state index contributed by atoms with van der Waals surface area (Å²) in [6.45, 7) is 1.16. The zero-order valence-corrected chi connectivity index (χ0v) is 14.5. The van der Waals surface area contributed by atoms with Gasteiger partial charge in [-0.25, -0.2) is 0 Å². The molecule has 1 aromatic rings. The number of amides is 2. The second-order valence-electron chi connectivity index (χ2n) is 6.22. The molecular weight excluding hydrogens is 359 g/mol. The minimum atomic E-state index is -4.60. The molecule has 2 amide bonds. The molecule has 0 saturated heterocycles. The van der Waals surface area contributed by atoms with Crippen molar-refractivity contribution in [1.29, 1.82) is 0 Å². The molecule has 2 N–H and O–H groups in total. The van der Waals surface area contributed by atoms with Gasteiger partial charge in [-0.3, -0.25) is 9.59 Å². The van der Waals surface area contributed by atoms with E-state index in [1.54, 1.807) is 0 Å². The molecule has 138 valence electrons. The Hall–Kier alpha value is -1.80. The molecule has 0 heterocycles. The van der Waals surface area contributed by atoms with Crippen LogP contribution in [-0.2, 0) is 15.8 Å². The summed E-state index contributed by atoms with van der Waals surface area (Å²) in [5.41, 5.74) is -1.01. The van der Waals surface area contributed by atoms with E-state index in [0.717, 1.165) is 12.1 Å². The molecule has 1 aromatic carbocycles. The number of hydrogen-bond acceptors (Lipinski definition) is 3. The lowest BCUT2D eigenvalue weighted by molar-refractivity contribution is -0.137. The Morgan fingerprint density at radius 3 is 2.48 bits per heavy atom.